The number of aromatic nitrogens is 1. The van der Waals surface area contributed by atoms with Gasteiger partial charge in [-0.3, -0.25) is 0 Å². The first-order chi connectivity index (χ1) is 7.15. The van der Waals surface area contributed by atoms with Gasteiger partial charge in [-0.2, -0.15) is 0 Å². The molecule has 3 nitrogen and oxygen atoms in total. The van der Waals surface area contributed by atoms with Gasteiger partial charge in [0.05, 0.1) is 6.10 Å². The van der Waals surface area contributed by atoms with E-state index in [-0.39, 0.29) is 6.10 Å². The van der Waals surface area contributed by atoms with Crippen LogP contribution in [0.25, 0.3) is 0 Å². The van der Waals surface area contributed by atoms with Crippen LogP contribution < -0.4 is 5.32 Å². The van der Waals surface area contributed by atoms with E-state index in [0.717, 1.165) is 13.0 Å². The first kappa shape index (κ1) is 12.3. The Balaban J connectivity index is 2.62. The third-order valence-corrected chi connectivity index (χ3v) is 2.47. The van der Waals surface area contributed by atoms with Crippen molar-refractivity contribution in [3.8, 4) is 0 Å². The molecule has 0 aliphatic carbocycles. The fourth-order valence-electron chi connectivity index (χ4n) is 1.74. The molecule has 0 aliphatic rings. The maximum Gasteiger partial charge on any atom is 0.0690 e. The highest BCUT2D eigenvalue weighted by Gasteiger charge is 2.09. The normalized spacial score (nSPS) is 15.2. The molecule has 2 unspecified atom stereocenters. The fraction of sp³-hybridized carbons (Fsp3) is 0.667. The van der Waals surface area contributed by atoms with Gasteiger partial charge in [0, 0.05) is 24.5 Å². The van der Waals surface area contributed by atoms with E-state index < -0.39 is 0 Å². The summed E-state index contributed by atoms with van der Waals surface area (Å²) in [5.74, 6) is 0. The molecule has 1 rings (SSSR count). The Morgan fingerprint density at radius 1 is 1.47 bits per heavy atom. The SMILES string of the molecule is CCCNC(C)c1cccn1CC(C)O. The summed E-state index contributed by atoms with van der Waals surface area (Å²) in [6, 6.07) is 4.48. The quantitative estimate of drug-likeness (QED) is 0.753. The molecule has 0 bridgehead atoms. The van der Waals surface area contributed by atoms with Gasteiger partial charge in [-0.15, -0.1) is 0 Å². The molecule has 0 spiro atoms. The monoisotopic (exact) mass is 210 g/mol. The Morgan fingerprint density at radius 2 is 2.20 bits per heavy atom. The third kappa shape index (κ3) is 3.68. The number of aliphatic hydroxyl groups excluding tert-OH is 1. The van der Waals surface area contributed by atoms with Crippen molar-refractivity contribution in [2.24, 2.45) is 0 Å². The Labute approximate surface area is 92.1 Å². The average molecular weight is 210 g/mol. The van der Waals surface area contributed by atoms with Crippen LogP contribution in [0.3, 0.4) is 0 Å². The minimum Gasteiger partial charge on any atom is -0.392 e. The van der Waals surface area contributed by atoms with E-state index in [1.165, 1.54) is 5.69 Å². The number of hydrogen-bond donors (Lipinski definition) is 2. The molecular formula is C12H22N2O. The first-order valence-electron chi connectivity index (χ1n) is 5.71. The van der Waals surface area contributed by atoms with Crippen LogP contribution in [0.2, 0.25) is 0 Å². The van der Waals surface area contributed by atoms with Crippen LogP contribution in [0.1, 0.15) is 38.9 Å². The largest absolute Gasteiger partial charge is 0.392 e. The minimum atomic E-state index is -0.297. The lowest BCUT2D eigenvalue weighted by Gasteiger charge is -2.17. The molecule has 2 N–H and O–H groups in total. The molecule has 0 saturated carbocycles. The molecule has 1 heterocycles. The molecule has 0 radical (unpaired) electrons. The van der Waals surface area contributed by atoms with Crippen molar-refractivity contribution >= 4 is 0 Å². The van der Waals surface area contributed by atoms with Crippen molar-refractivity contribution in [3.05, 3.63) is 24.0 Å². The van der Waals surface area contributed by atoms with Gasteiger partial charge in [-0.1, -0.05) is 6.92 Å². The minimum absolute atomic E-state index is 0.297. The van der Waals surface area contributed by atoms with Crippen LogP contribution in [-0.2, 0) is 6.54 Å². The van der Waals surface area contributed by atoms with Gasteiger partial charge in [-0.05, 0) is 38.9 Å². The predicted molar refractivity (Wildman–Crippen MR) is 62.8 cm³/mol. The van der Waals surface area contributed by atoms with Crippen LogP contribution in [0, 0.1) is 0 Å². The summed E-state index contributed by atoms with van der Waals surface area (Å²) in [4.78, 5) is 0. The third-order valence-electron chi connectivity index (χ3n) is 2.47. The van der Waals surface area contributed by atoms with Crippen LogP contribution in [0.4, 0.5) is 0 Å². The number of nitrogens with zero attached hydrogens (tertiary/aromatic N) is 1. The van der Waals surface area contributed by atoms with Crippen LogP contribution in [-0.4, -0.2) is 22.3 Å². The van der Waals surface area contributed by atoms with Gasteiger partial charge in [0.2, 0.25) is 0 Å². The molecule has 86 valence electrons. The summed E-state index contributed by atoms with van der Waals surface area (Å²) < 4.78 is 2.11. The van der Waals surface area contributed by atoms with Gasteiger partial charge in [0.15, 0.2) is 0 Å². The molecule has 0 aromatic carbocycles. The highest BCUT2D eigenvalue weighted by molar-refractivity contribution is 5.11. The molecule has 3 heteroatoms. The Hall–Kier alpha value is -0.800. The molecule has 1 aromatic heterocycles. The maximum absolute atomic E-state index is 9.37. The van der Waals surface area contributed by atoms with E-state index >= 15 is 0 Å². The lowest BCUT2D eigenvalue weighted by molar-refractivity contribution is 0.172. The first-order valence-corrected chi connectivity index (χ1v) is 5.71. The lowest BCUT2D eigenvalue weighted by atomic mass is 10.2. The van der Waals surface area contributed by atoms with Gasteiger partial charge in [0.25, 0.3) is 0 Å². The van der Waals surface area contributed by atoms with Gasteiger partial charge < -0.3 is 15.0 Å². The number of aliphatic hydroxyl groups is 1. The maximum atomic E-state index is 9.37. The zero-order valence-electron chi connectivity index (χ0n) is 9.90. The van der Waals surface area contributed by atoms with E-state index in [2.05, 4.69) is 29.8 Å². The lowest BCUT2D eigenvalue weighted by Crippen LogP contribution is -2.23. The van der Waals surface area contributed by atoms with Crippen molar-refractivity contribution in [3.63, 3.8) is 0 Å². The van der Waals surface area contributed by atoms with Crippen LogP contribution in [0.15, 0.2) is 18.3 Å². The van der Waals surface area contributed by atoms with Gasteiger partial charge in [0.1, 0.15) is 0 Å². The van der Waals surface area contributed by atoms with E-state index in [1.54, 1.807) is 0 Å². The van der Waals surface area contributed by atoms with Crippen molar-refractivity contribution in [2.45, 2.75) is 45.9 Å². The van der Waals surface area contributed by atoms with E-state index in [1.807, 2.05) is 19.2 Å². The molecule has 0 aliphatic heterocycles. The summed E-state index contributed by atoms with van der Waals surface area (Å²) in [6.45, 7) is 7.83. The van der Waals surface area contributed by atoms with Crippen molar-refractivity contribution < 1.29 is 5.11 Å². The molecule has 0 saturated heterocycles. The summed E-state index contributed by atoms with van der Waals surface area (Å²) in [5, 5.41) is 12.8. The molecule has 0 amide bonds. The second-order valence-corrected chi connectivity index (χ2v) is 4.11. The summed E-state index contributed by atoms with van der Waals surface area (Å²) >= 11 is 0. The Morgan fingerprint density at radius 3 is 2.80 bits per heavy atom. The van der Waals surface area contributed by atoms with Crippen LogP contribution >= 0.6 is 0 Å². The molecule has 1 aromatic rings. The molecular weight excluding hydrogens is 188 g/mol. The topological polar surface area (TPSA) is 37.2 Å². The number of nitrogens with one attached hydrogen (secondary N) is 1. The van der Waals surface area contributed by atoms with Gasteiger partial charge in [-0.25, -0.2) is 0 Å². The van der Waals surface area contributed by atoms with E-state index in [4.69, 9.17) is 0 Å². The standard InChI is InChI=1S/C12H22N2O/c1-4-7-13-11(3)12-6-5-8-14(12)9-10(2)15/h5-6,8,10-11,13,15H,4,7,9H2,1-3H3. The van der Waals surface area contributed by atoms with Crippen molar-refractivity contribution in [2.75, 3.05) is 6.54 Å². The van der Waals surface area contributed by atoms with Crippen molar-refractivity contribution in [1.82, 2.24) is 9.88 Å². The smallest absolute Gasteiger partial charge is 0.0690 e. The van der Waals surface area contributed by atoms with E-state index in [9.17, 15) is 5.11 Å². The highest BCUT2D eigenvalue weighted by Crippen LogP contribution is 2.13. The molecule has 15 heavy (non-hydrogen) atoms. The zero-order valence-corrected chi connectivity index (χ0v) is 9.90. The molecule has 2 atom stereocenters. The highest BCUT2D eigenvalue weighted by atomic mass is 16.3. The summed E-state index contributed by atoms with van der Waals surface area (Å²) in [6.07, 6.45) is 2.86. The van der Waals surface area contributed by atoms with Gasteiger partial charge >= 0.3 is 0 Å². The predicted octanol–water partition coefficient (Wildman–Crippen LogP) is 1.93. The molecule has 0 fully saturated rings. The Kier molecular flexibility index (Phi) is 4.85. The average Bonchev–Trinajstić information content (AvgIpc) is 2.61. The zero-order chi connectivity index (χ0) is 11.3. The van der Waals surface area contributed by atoms with E-state index in [0.29, 0.717) is 12.6 Å². The fourth-order valence-corrected chi connectivity index (χ4v) is 1.74. The van der Waals surface area contributed by atoms with Crippen LogP contribution in [0.5, 0.6) is 0 Å². The number of hydrogen-bond acceptors (Lipinski definition) is 2. The van der Waals surface area contributed by atoms with Crippen molar-refractivity contribution in [1.29, 1.82) is 0 Å². The summed E-state index contributed by atoms with van der Waals surface area (Å²) in [7, 11) is 0. The second-order valence-electron chi connectivity index (χ2n) is 4.11. The summed E-state index contributed by atoms with van der Waals surface area (Å²) in [5.41, 5.74) is 1.24. The Bertz CT molecular complexity index is 281. The number of rotatable bonds is 6. The second kappa shape index (κ2) is 5.93.